The van der Waals surface area contributed by atoms with Crippen LogP contribution in [0.25, 0.3) is 33.6 Å². The van der Waals surface area contributed by atoms with Crippen molar-refractivity contribution in [3.05, 3.63) is 48.2 Å². The van der Waals surface area contributed by atoms with Crippen LogP contribution in [-0.4, -0.2) is 54.9 Å². The van der Waals surface area contributed by atoms with Crippen molar-refractivity contribution in [3.8, 4) is 11.5 Å². The number of aryl methyl sites for hydroxylation is 1. The lowest BCUT2D eigenvalue weighted by Gasteiger charge is -2.33. The predicted molar refractivity (Wildman–Crippen MR) is 153 cm³/mol. The first-order valence-electron chi connectivity index (χ1n) is 14.2. The Morgan fingerprint density at radius 3 is 2.69 bits per heavy atom. The highest BCUT2D eigenvalue weighted by atomic mass is 16.2. The maximum absolute atomic E-state index is 13.5. The molecule has 204 valence electrons. The van der Waals surface area contributed by atoms with Gasteiger partial charge in [-0.1, -0.05) is 20.8 Å². The largest absolute Gasteiger partial charge is 0.352 e. The van der Waals surface area contributed by atoms with Crippen LogP contribution in [-0.2, 0) is 18.4 Å². The molecule has 2 aliphatic rings. The number of pyridine rings is 1. The number of carbonyl (C=O) groups excluding carboxylic acids is 2. The van der Waals surface area contributed by atoms with Crippen molar-refractivity contribution in [1.82, 2.24) is 29.3 Å². The summed E-state index contributed by atoms with van der Waals surface area (Å²) in [5, 5.41) is 4.26. The number of imidazole rings is 1. The molecule has 2 fully saturated rings. The number of nitrogens with one attached hydrogen (secondary N) is 1. The van der Waals surface area contributed by atoms with Crippen molar-refractivity contribution in [2.45, 2.75) is 65.5 Å². The van der Waals surface area contributed by atoms with Gasteiger partial charge >= 0.3 is 0 Å². The Hall–Kier alpha value is -3.68. The number of hydrogen-bond acceptors (Lipinski definition) is 4. The zero-order chi connectivity index (χ0) is 27.3. The van der Waals surface area contributed by atoms with Gasteiger partial charge in [0, 0.05) is 56.3 Å². The third-order valence-corrected chi connectivity index (χ3v) is 7.91. The number of fused-ring (bicyclic) bond motifs is 2. The smallest absolute Gasteiger partial charge is 0.254 e. The Morgan fingerprint density at radius 2 is 1.92 bits per heavy atom. The standard InChI is InChI=1S/C31H38N6O2/c1-31(2,3)17-27(38)33-23-8-6-14-36(19-23)30(39)22-11-12-25-24(15-22)34-29(35(25)4)26-16-21-7-5-13-32-28(21)37(26)18-20-9-10-20/h5,7,11-13,15-16,20,23H,6,8-10,14,17-19H2,1-4H3,(H,33,38)/t23-/m1/s1. The normalized spacial score (nSPS) is 18.2. The van der Waals surface area contributed by atoms with Gasteiger partial charge in [0.15, 0.2) is 5.82 Å². The number of carbonyl (C=O) groups is 2. The molecule has 1 aliphatic carbocycles. The number of rotatable bonds is 6. The number of likely N-dealkylation sites (tertiary alicyclic amines) is 1. The fraction of sp³-hybridized carbons (Fsp3) is 0.484. The Labute approximate surface area is 229 Å². The molecule has 2 amide bonds. The minimum absolute atomic E-state index is 0.00841. The van der Waals surface area contributed by atoms with Crippen LogP contribution < -0.4 is 5.32 Å². The van der Waals surface area contributed by atoms with Crippen molar-refractivity contribution in [2.24, 2.45) is 18.4 Å². The van der Waals surface area contributed by atoms with Crippen LogP contribution in [0.3, 0.4) is 0 Å². The molecule has 0 spiro atoms. The zero-order valence-corrected chi connectivity index (χ0v) is 23.4. The zero-order valence-electron chi connectivity index (χ0n) is 23.4. The highest BCUT2D eigenvalue weighted by Crippen LogP contribution is 2.36. The summed E-state index contributed by atoms with van der Waals surface area (Å²) in [6.45, 7) is 8.37. The van der Waals surface area contributed by atoms with Crippen molar-refractivity contribution < 1.29 is 9.59 Å². The fourth-order valence-corrected chi connectivity index (χ4v) is 5.80. The number of nitrogens with zero attached hydrogens (tertiary/aromatic N) is 5. The van der Waals surface area contributed by atoms with Crippen LogP contribution in [0.1, 0.15) is 63.2 Å². The summed E-state index contributed by atoms with van der Waals surface area (Å²) in [6.07, 6.45) is 6.62. The Morgan fingerprint density at radius 1 is 1.10 bits per heavy atom. The van der Waals surface area contributed by atoms with E-state index in [2.05, 4.69) is 52.3 Å². The second-order valence-corrected chi connectivity index (χ2v) is 12.6. The molecular weight excluding hydrogens is 488 g/mol. The summed E-state index contributed by atoms with van der Waals surface area (Å²) < 4.78 is 4.42. The van der Waals surface area contributed by atoms with Gasteiger partial charge in [-0.3, -0.25) is 9.59 Å². The van der Waals surface area contributed by atoms with Gasteiger partial charge in [0.25, 0.3) is 5.91 Å². The molecule has 8 heteroatoms. The van der Waals surface area contributed by atoms with E-state index in [1.165, 1.54) is 12.8 Å². The average Bonchev–Trinajstić information content (AvgIpc) is 3.56. The third kappa shape index (κ3) is 5.29. The summed E-state index contributed by atoms with van der Waals surface area (Å²) in [5.74, 6) is 1.63. The van der Waals surface area contributed by atoms with E-state index in [-0.39, 0.29) is 23.3 Å². The molecule has 1 saturated heterocycles. The number of piperidine rings is 1. The fourth-order valence-electron chi connectivity index (χ4n) is 5.80. The lowest BCUT2D eigenvalue weighted by atomic mass is 9.91. The second-order valence-electron chi connectivity index (χ2n) is 12.6. The average molecular weight is 527 g/mol. The van der Waals surface area contributed by atoms with Crippen LogP contribution in [0.15, 0.2) is 42.6 Å². The first-order chi connectivity index (χ1) is 18.7. The first kappa shape index (κ1) is 25.6. The molecule has 4 heterocycles. The minimum Gasteiger partial charge on any atom is -0.352 e. The van der Waals surface area contributed by atoms with Gasteiger partial charge in [0.2, 0.25) is 5.91 Å². The summed E-state index contributed by atoms with van der Waals surface area (Å²) in [6, 6.07) is 12.1. The number of hydrogen-bond donors (Lipinski definition) is 1. The van der Waals surface area contributed by atoms with Gasteiger partial charge in [-0.25, -0.2) is 9.97 Å². The molecule has 1 aliphatic heterocycles. The van der Waals surface area contributed by atoms with E-state index in [4.69, 9.17) is 4.98 Å². The molecule has 8 nitrogen and oxygen atoms in total. The molecule has 1 aromatic carbocycles. The minimum atomic E-state index is -0.0615. The van der Waals surface area contributed by atoms with E-state index in [9.17, 15) is 9.59 Å². The van der Waals surface area contributed by atoms with Gasteiger partial charge in [-0.05, 0) is 73.4 Å². The quantitative estimate of drug-likeness (QED) is 0.376. The lowest BCUT2D eigenvalue weighted by Crippen LogP contribution is -2.50. The van der Waals surface area contributed by atoms with E-state index >= 15 is 0 Å². The van der Waals surface area contributed by atoms with E-state index < -0.39 is 0 Å². The van der Waals surface area contributed by atoms with Crippen LogP contribution in [0.4, 0.5) is 0 Å². The number of amides is 2. The summed E-state index contributed by atoms with van der Waals surface area (Å²) in [7, 11) is 2.04. The van der Waals surface area contributed by atoms with E-state index in [0.29, 0.717) is 31.0 Å². The molecular formula is C31H38N6O2. The van der Waals surface area contributed by atoms with Gasteiger partial charge in [-0.15, -0.1) is 0 Å². The Balaban J connectivity index is 1.25. The van der Waals surface area contributed by atoms with Crippen LogP contribution >= 0.6 is 0 Å². The molecule has 1 saturated carbocycles. The molecule has 1 N–H and O–H groups in total. The Kier molecular flexibility index (Phi) is 6.44. The maximum Gasteiger partial charge on any atom is 0.254 e. The molecule has 3 aromatic heterocycles. The monoisotopic (exact) mass is 526 g/mol. The summed E-state index contributed by atoms with van der Waals surface area (Å²) >= 11 is 0. The van der Waals surface area contributed by atoms with Crippen molar-refractivity contribution in [3.63, 3.8) is 0 Å². The highest BCUT2D eigenvalue weighted by Gasteiger charge is 2.28. The van der Waals surface area contributed by atoms with Crippen LogP contribution in [0, 0.1) is 11.3 Å². The molecule has 0 unspecified atom stereocenters. The van der Waals surface area contributed by atoms with Crippen molar-refractivity contribution in [2.75, 3.05) is 13.1 Å². The second kappa shape index (κ2) is 9.81. The van der Waals surface area contributed by atoms with Gasteiger partial charge in [-0.2, -0.15) is 0 Å². The van der Waals surface area contributed by atoms with E-state index in [1.54, 1.807) is 0 Å². The van der Waals surface area contributed by atoms with Gasteiger partial charge in [0.05, 0.1) is 16.7 Å². The van der Waals surface area contributed by atoms with Crippen molar-refractivity contribution in [1.29, 1.82) is 0 Å². The SMILES string of the molecule is Cn1c(-c2cc3cccnc3n2CC2CC2)nc2cc(C(=O)N3CCC[C@@H](NC(=O)CC(C)(C)C)C3)ccc21. The first-order valence-corrected chi connectivity index (χ1v) is 14.2. The predicted octanol–water partition coefficient (Wildman–Crippen LogP) is 5.16. The molecule has 6 rings (SSSR count). The Bertz CT molecular complexity index is 1550. The van der Waals surface area contributed by atoms with E-state index in [0.717, 1.165) is 53.0 Å². The number of benzene rings is 1. The molecule has 4 aromatic rings. The van der Waals surface area contributed by atoms with E-state index in [1.807, 2.05) is 42.4 Å². The maximum atomic E-state index is 13.5. The van der Waals surface area contributed by atoms with Gasteiger partial charge < -0.3 is 19.4 Å². The molecule has 0 bridgehead atoms. The third-order valence-electron chi connectivity index (χ3n) is 7.91. The topological polar surface area (TPSA) is 85.1 Å². The summed E-state index contributed by atoms with van der Waals surface area (Å²) in [5.41, 5.74) is 4.43. The number of aromatic nitrogens is 4. The molecule has 0 radical (unpaired) electrons. The van der Waals surface area contributed by atoms with Crippen LogP contribution in [0.2, 0.25) is 0 Å². The highest BCUT2D eigenvalue weighted by molar-refractivity contribution is 5.98. The molecule has 1 atom stereocenters. The summed E-state index contributed by atoms with van der Waals surface area (Å²) in [4.78, 5) is 37.6. The molecule has 39 heavy (non-hydrogen) atoms. The van der Waals surface area contributed by atoms with Gasteiger partial charge in [0.1, 0.15) is 5.65 Å². The lowest BCUT2D eigenvalue weighted by molar-refractivity contribution is -0.123. The van der Waals surface area contributed by atoms with Crippen molar-refractivity contribution >= 4 is 33.9 Å². The van der Waals surface area contributed by atoms with Crippen LogP contribution in [0.5, 0.6) is 0 Å².